The molecule has 10 nitrogen and oxygen atoms in total. The molecule has 0 bridgehead atoms. The van der Waals surface area contributed by atoms with E-state index in [0.29, 0.717) is 44.0 Å². The van der Waals surface area contributed by atoms with Gasteiger partial charge in [0.2, 0.25) is 5.91 Å². The smallest absolute Gasteiger partial charge is 0.409 e. The van der Waals surface area contributed by atoms with Crippen LogP contribution in [-0.4, -0.2) is 108 Å². The summed E-state index contributed by atoms with van der Waals surface area (Å²) in [6.45, 7) is 15.0. The van der Waals surface area contributed by atoms with E-state index in [1.165, 1.54) is 5.57 Å². The molecule has 0 aromatic heterocycles. The number of epoxide rings is 1. The molecule has 0 saturated carbocycles. The SMILES string of the molecule is CO[C@H]([C@@H](C)[C@H]1O[C@]1(C)C[C@H](C)/C=C/C=C(\C)[C@H]1O[C@@H](CNC(=O)CCCCCOC(=O)N2CCC(N(C)I)C2)CC[C@@H]1C)[C@@H](C)O. The van der Waals surface area contributed by atoms with E-state index in [-0.39, 0.29) is 47.9 Å². The Morgan fingerprint density at radius 3 is 2.60 bits per heavy atom. The molecule has 3 heterocycles. The molecular weight excluding hydrogens is 713 g/mol. The van der Waals surface area contributed by atoms with E-state index in [9.17, 15) is 14.7 Å². The van der Waals surface area contributed by atoms with Gasteiger partial charge in [0.15, 0.2) is 0 Å². The van der Waals surface area contributed by atoms with E-state index < -0.39 is 6.10 Å². The number of carbonyl (C=O) groups is 2. The topological polar surface area (TPSA) is 113 Å². The fourth-order valence-corrected chi connectivity index (χ4v) is 7.81. The molecule has 0 aromatic carbocycles. The van der Waals surface area contributed by atoms with Crippen LogP contribution in [0.1, 0.15) is 92.9 Å². The Morgan fingerprint density at radius 2 is 1.94 bits per heavy atom. The lowest BCUT2D eigenvalue weighted by molar-refractivity contribution is -0.123. The van der Waals surface area contributed by atoms with Crippen molar-refractivity contribution in [3.05, 3.63) is 23.8 Å². The minimum atomic E-state index is -0.536. The number of rotatable bonds is 18. The Hall–Kier alpha value is -1.25. The number of hydrogen-bond donors (Lipinski definition) is 2. The van der Waals surface area contributed by atoms with Crippen LogP contribution in [-0.2, 0) is 23.7 Å². The van der Waals surface area contributed by atoms with Gasteiger partial charge in [-0.2, -0.15) is 0 Å². The van der Waals surface area contributed by atoms with E-state index in [1.807, 2.05) is 7.05 Å². The number of methoxy groups -OCH3 is 1. The standard InChI is InChI=1S/C36H62IN3O7/c1-24(21-36(6)34(47-36)27(4)33(44-8)28(5)41)13-12-14-25(2)32-26(3)16-17-30(46-32)22-38-31(42)15-10-9-11-20-45-35(43)40-19-18-29(23-40)39(7)37/h12-14,24,26-30,32-34,41H,9-11,15-23H2,1-8H3,(H,38,42)/b13-12+,25-14+/t24-,26+,27-,28-,29?,30-,32-,33-,34-,36-/m1/s1. The van der Waals surface area contributed by atoms with Gasteiger partial charge in [-0.15, -0.1) is 0 Å². The van der Waals surface area contributed by atoms with Crippen LogP contribution in [0, 0.1) is 17.8 Å². The van der Waals surface area contributed by atoms with Gasteiger partial charge in [0.05, 0.1) is 42.7 Å². The number of carbonyl (C=O) groups excluding carboxylic acids is 2. The zero-order valence-corrected chi connectivity index (χ0v) is 32.2. The van der Waals surface area contributed by atoms with E-state index in [2.05, 4.69) is 84.1 Å². The number of allylic oxidation sites excluding steroid dienone is 3. The Morgan fingerprint density at radius 1 is 1.19 bits per heavy atom. The van der Waals surface area contributed by atoms with Crippen molar-refractivity contribution in [1.82, 2.24) is 13.3 Å². The van der Waals surface area contributed by atoms with Crippen LogP contribution in [0.15, 0.2) is 23.8 Å². The third-order valence-corrected chi connectivity index (χ3v) is 11.0. The number of likely N-dealkylation sites (tertiary alicyclic amines) is 1. The summed E-state index contributed by atoms with van der Waals surface area (Å²) in [5.41, 5.74) is 0.990. The van der Waals surface area contributed by atoms with E-state index in [4.69, 9.17) is 18.9 Å². The summed E-state index contributed by atoms with van der Waals surface area (Å²) in [6, 6.07) is 0.390. The maximum absolute atomic E-state index is 12.5. The van der Waals surface area contributed by atoms with Crippen LogP contribution in [0.25, 0.3) is 0 Å². The summed E-state index contributed by atoms with van der Waals surface area (Å²) in [4.78, 5) is 26.5. The first kappa shape index (κ1) is 40.2. The number of hydrogen-bond acceptors (Lipinski definition) is 8. The third kappa shape index (κ3) is 12.5. The number of amides is 2. The number of likely N-dealkylation sites (N-methyl/N-ethyl adjacent to an activating group) is 1. The maximum Gasteiger partial charge on any atom is 0.409 e. The molecule has 3 aliphatic rings. The fraction of sp³-hybridized carbons (Fsp3) is 0.833. The summed E-state index contributed by atoms with van der Waals surface area (Å²) >= 11 is 2.26. The van der Waals surface area contributed by atoms with Gasteiger partial charge in [-0.1, -0.05) is 39.0 Å². The van der Waals surface area contributed by atoms with Crippen molar-refractivity contribution < 1.29 is 33.6 Å². The highest BCUT2D eigenvalue weighted by atomic mass is 127. The molecule has 3 fully saturated rings. The third-order valence-electron chi connectivity index (χ3n) is 10.2. The molecule has 3 saturated heterocycles. The number of ether oxygens (including phenoxy) is 4. The largest absolute Gasteiger partial charge is 0.449 e. The molecule has 0 spiro atoms. The van der Waals surface area contributed by atoms with Gasteiger partial charge in [-0.3, -0.25) is 4.79 Å². The van der Waals surface area contributed by atoms with Gasteiger partial charge in [-0.05, 0) is 90.2 Å². The minimum absolute atomic E-state index is 0.00597. The van der Waals surface area contributed by atoms with Crippen LogP contribution in [0.2, 0.25) is 0 Å². The molecule has 11 heteroatoms. The quantitative estimate of drug-likeness (QED) is 0.0569. The van der Waals surface area contributed by atoms with E-state index >= 15 is 0 Å². The molecule has 10 atom stereocenters. The lowest BCUT2D eigenvalue weighted by Gasteiger charge is -2.35. The first-order valence-electron chi connectivity index (χ1n) is 17.7. The first-order valence-corrected chi connectivity index (χ1v) is 18.7. The average Bonchev–Trinajstić information content (AvgIpc) is 3.42. The fourth-order valence-electron chi connectivity index (χ4n) is 7.35. The van der Waals surface area contributed by atoms with Crippen molar-refractivity contribution in [3.8, 4) is 0 Å². The molecule has 47 heavy (non-hydrogen) atoms. The predicted molar refractivity (Wildman–Crippen MR) is 193 cm³/mol. The Kier molecular flexibility index (Phi) is 16.4. The summed E-state index contributed by atoms with van der Waals surface area (Å²) in [5.74, 6) is 0.916. The summed E-state index contributed by atoms with van der Waals surface area (Å²) < 4.78 is 25.7. The minimum Gasteiger partial charge on any atom is -0.449 e. The number of aliphatic hydroxyl groups is 1. The molecule has 2 amide bonds. The van der Waals surface area contributed by atoms with E-state index in [0.717, 1.165) is 51.5 Å². The van der Waals surface area contributed by atoms with Crippen LogP contribution < -0.4 is 5.32 Å². The van der Waals surface area contributed by atoms with Crippen LogP contribution in [0.3, 0.4) is 0 Å². The lowest BCUT2D eigenvalue weighted by atomic mass is 9.85. The molecule has 3 rings (SSSR count). The number of unbranched alkanes of at least 4 members (excludes halogenated alkanes) is 2. The number of halogens is 1. The summed E-state index contributed by atoms with van der Waals surface area (Å²) in [7, 11) is 3.67. The molecule has 0 radical (unpaired) electrons. The maximum atomic E-state index is 12.5. The van der Waals surface area contributed by atoms with Gasteiger partial charge in [0, 0.05) is 68.0 Å². The van der Waals surface area contributed by atoms with Gasteiger partial charge < -0.3 is 34.3 Å². The van der Waals surface area contributed by atoms with Crippen molar-refractivity contribution in [2.45, 2.75) is 135 Å². The Balaban J connectivity index is 1.31. The van der Waals surface area contributed by atoms with Gasteiger partial charge in [-0.25, -0.2) is 7.91 Å². The number of nitrogens with one attached hydrogen (secondary N) is 1. The van der Waals surface area contributed by atoms with Crippen LogP contribution in [0.5, 0.6) is 0 Å². The highest BCUT2D eigenvalue weighted by Crippen LogP contribution is 2.47. The molecule has 2 N–H and O–H groups in total. The summed E-state index contributed by atoms with van der Waals surface area (Å²) in [5, 5.41) is 13.1. The van der Waals surface area contributed by atoms with E-state index in [1.54, 1.807) is 18.9 Å². The number of aliphatic hydroxyl groups excluding tert-OH is 1. The highest BCUT2D eigenvalue weighted by molar-refractivity contribution is 14.1. The highest BCUT2D eigenvalue weighted by Gasteiger charge is 2.56. The Bertz CT molecular complexity index is 1060. The summed E-state index contributed by atoms with van der Waals surface area (Å²) in [6.07, 6.45) is 12.4. The van der Waals surface area contributed by atoms with Crippen molar-refractivity contribution in [3.63, 3.8) is 0 Å². The van der Waals surface area contributed by atoms with Crippen molar-refractivity contribution in [2.75, 3.05) is 40.4 Å². The zero-order valence-electron chi connectivity index (χ0n) is 30.1. The van der Waals surface area contributed by atoms with Crippen molar-refractivity contribution in [1.29, 1.82) is 0 Å². The molecule has 0 aliphatic carbocycles. The first-order chi connectivity index (χ1) is 22.2. The van der Waals surface area contributed by atoms with Crippen LogP contribution >= 0.6 is 22.9 Å². The molecule has 1 unspecified atom stereocenters. The van der Waals surface area contributed by atoms with Crippen LogP contribution in [0.4, 0.5) is 4.79 Å². The molecule has 0 aromatic rings. The molecule has 3 aliphatic heterocycles. The molecule has 270 valence electrons. The van der Waals surface area contributed by atoms with Gasteiger partial charge in [0.1, 0.15) is 0 Å². The van der Waals surface area contributed by atoms with Crippen molar-refractivity contribution in [2.24, 2.45) is 17.8 Å². The zero-order chi connectivity index (χ0) is 34.7. The average molecular weight is 776 g/mol. The van der Waals surface area contributed by atoms with Gasteiger partial charge in [0.25, 0.3) is 0 Å². The second-order valence-electron chi connectivity index (χ2n) is 14.5. The Labute approximate surface area is 297 Å². The predicted octanol–water partition coefficient (Wildman–Crippen LogP) is 6.06. The normalized spacial score (nSPS) is 30.7. The van der Waals surface area contributed by atoms with Crippen molar-refractivity contribution >= 4 is 34.9 Å². The number of nitrogens with zero attached hydrogens (tertiary/aromatic N) is 2. The second kappa shape index (κ2) is 19.2. The molecular formula is C36H62IN3O7. The second-order valence-corrected chi connectivity index (χ2v) is 16.0. The lowest BCUT2D eigenvalue weighted by Crippen LogP contribution is -2.41. The monoisotopic (exact) mass is 775 g/mol. The van der Waals surface area contributed by atoms with Gasteiger partial charge >= 0.3 is 6.09 Å².